The highest BCUT2D eigenvalue weighted by atomic mass is 16.5. The lowest BCUT2D eigenvalue weighted by Gasteiger charge is -2.41. The Balaban J connectivity index is 1.60. The zero-order chi connectivity index (χ0) is 30.9. The normalized spacial score (nSPS) is 19.1. The van der Waals surface area contributed by atoms with Crippen LogP contribution in [0.25, 0.3) is 0 Å². The fraction of sp³-hybridized carbons (Fsp3) is 0.588. The summed E-state index contributed by atoms with van der Waals surface area (Å²) < 4.78 is 5.46. The maximum absolute atomic E-state index is 13.7. The number of carbonyl (C=O) groups is 1. The van der Waals surface area contributed by atoms with Crippen molar-refractivity contribution in [1.29, 1.82) is 0 Å². The molecule has 0 atom stereocenters. The van der Waals surface area contributed by atoms with E-state index in [1.54, 1.807) is 0 Å². The number of aryl methyl sites for hydroxylation is 2. The van der Waals surface area contributed by atoms with Crippen LogP contribution < -0.4 is 15.8 Å². The molecule has 2 fully saturated rings. The first-order valence-corrected chi connectivity index (χ1v) is 15.7. The summed E-state index contributed by atoms with van der Waals surface area (Å²) in [6.07, 6.45) is 4.26. The van der Waals surface area contributed by atoms with Gasteiger partial charge in [0, 0.05) is 72.9 Å². The van der Waals surface area contributed by atoms with Gasteiger partial charge in [-0.15, -0.1) is 0 Å². The highest BCUT2D eigenvalue weighted by Crippen LogP contribution is 2.33. The van der Waals surface area contributed by atoms with Crippen LogP contribution in [0.15, 0.2) is 23.0 Å². The molecule has 4 rings (SSSR count). The SMILES string of the molecule is CCN(c1cc(C#CCN2CCOCC2)cc(C(=O)NCc2c(C)cc(C)[nH]c2=O)c1C)C1CCC(N(C)CCO)CC1. The van der Waals surface area contributed by atoms with E-state index in [4.69, 9.17) is 4.74 Å². The molecule has 0 spiro atoms. The molecule has 1 aromatic heterocycles. The van der Waals surface area contributed by atoms with E-state index < -0.39 is 0 Å². The number of hydrogen-bond acceptors (Lipinski definition) is 7. The molecule has 0 radical (unpaired) electrons. The highest BCUT2D eigenvalue weighted by Gasteiger charge is 2.29. The van der Waals surface area contributed by atoms with Gasteiger partial charge in [0.05, 0.1) is 26.4 Å². The van der Waals surface area contributed by atoms with Gasteiger partial charge in [-0.25, -0.2) is 0 Å². The number of benzene rings is 1. The van der Waals surface area contributed by atoms with E-state index >= 15 is 0 Å². The Hall–Kier alpha value is -3.16. The van der Waals surface area contributed by atoms with Gasteiger partial charge in [-0.2, -0.15) is 0 Å². The predicted molar refractivity (Wildman–Crippen MR) is 172 cm³/mol. The molecule has 1 aliphatic heterocycles. The van der Waals surface area contributed by atoms with Crippen LogP contribution >= 0.6 is 0 Å². The van der Waals surface area contributed by atoms with Crippen molar-refractivity contribution in [2.75, 3.05) is 64.5 Å². The lowest BCUT2D eigenvalue weighted by Crippen LogP contribution is -2.44. The number of hydrogen-bond donors (Lipinski definition) is 3. The van der Waals surface area contributed by atoms with E-state index in [-0.39, 0.29) is 24.6 Å². The molecule has 43 heavy (non-hydrogen) atoms. The van der Waals surface area contributed by atoms with Gasteiger partial charge in [0.15, 0.2) is 0 Å². The summed E-state index contributed by atoms with van der Waals surface area (Å²) in [5.74, 6) is 6.47. The number of nitrogens with one attached hydrogen (secondary N) is 2. The number of aromatic nitrogens is 1. The molecule has 1 saturated carbocycles. The number of ether oxygens (including phenoxy) is 1. The number of H-pyrrole nitrogens is 1. The van der Waals surface area contributed by atoms with Crippen molar-refractivity contribution >= 4 is 11.6 Å². The van der Waals surface area contributed by atoms with Crippen LogP contribution in [0.2, 0.25) is 0 Å². The van der Waals surface area contributed by atoms with E-state index in [9.17, 15) is 14.7 Å². The van der Waals surface area contributed by atoms with Gasteiger partial charge in [0.25, 0.3) is 11.5 Å². The average Bonchev–Trinajstić information content (AvgIpc) is 2.99. The predicted octanol–water partition coefficient (Wildman–Crippen LogP) is 2.98. The Morgan fingerprint density at radius 2 is 1.81 bits per heavy atom. The van der Waals surface area contributed by atoms with Gasteiger partial charge < -0.3 is 29.9 Å². The molecular formula is C34H49N5O4. The Labute approximate surface area is 256 Å². The molecule has 1 saturated heterocycles. The average molecular weight is 592 g/mol. The number of nitrogens with zero attached hydrogens (tertiary/aromatic N) is 3. The molecule has 9 heteroatoms. The van der Waals surface area contributed by atoms with Gasteiger partial charge in [0.2, 0.25) is 0 Å². The largest absolute Gasteiger partial charge is 0.395 e. The quantitative estimate of drug-likeness (QED) is 0.366. The molecule has 1 amide bonds. The maximum atomic E-state index is 13.7. The summed E-state index contributed by atoms with van der Waals surface area (Å²) in [5, 5.41) is 12.4. The van der Waals surface area contributed by atoms with Crippen molar-refractivity contribution in [3.8, 4) is 11.8 Å². The highest BCUT2D eigenvalue weighted by molar-refractivity contribution is 5.97. The van der Waals surface area contributed by atoms with E-state index in [2.05, 4.69) is 56.9 Å². The van der Waals surface area contributed by atoms with Crippen LogP contribution in [0.4, 0.5) is 5.69 Å². The van der Waals surface area contributed by atoms with Crippen LogP contribution in [0, 0.1) is 32.6 Å². The molecule has 1 aromatic carbocycles. The summed E-state index contributed by atoms with van der Waals surface area (Å²) in [6.45, 7) is 13.7. The topological polar surface area (TPSA) is 101 Å². The minimum atomic E-state index is -0.208. The van der Waals surface area contributed by atoms with Crippen molar-refractivity contribution < 1.29 is 14.6 Å². The van der Waals surface area contributed by atoms with Crippen LogP contribution in [0.1, 0.15) is 70.9 Å². The maximum Gasteiger partial charge on any atom is 0.253 e. The Bertz CT molecular complexity index is 1360. The number of aliphatic hydroxyl groups excluding tert-OH is 1. The fourth-order valence-electron chi connectivity index (χ4n) is 6.46. The minimum absolute atomic E-state index is 0.158. The molecule has 2 aromatic rings. The van der Waals surface area contributed by atoms with Crippen molar-refractivity contribution in [3.05, 3.63) is 62.1 Å². The molecule has 3 N–H and O–H groups in total. The van der Waals surface area contributed by atoms with E-state index in [1.807, 2.05) is 32.9 Å². The standard InChI is InChI=1S/C34H49N5O4/c1-6-39(29-11-9-28(10-12-29)37(5)14-17-40)32-22-27(8-7-13-38-15-18-43-19-16-38)21-30(26(32)4)33(41)35-23-31-24(2)20-25(3)36-34(31)42/h20-22,28-29,40H,6,9-19,23H2,1-5H3,(H,35,41)(H,36,42). The van der Waals surface area contributed by atoms with Crippen LogP contribution in [0.5, 0.6) is 0 Å². The van der Waals surface area contributed by atoms with Gasteiger partial charge in [-0.1, -0.05) is 11.8 Å². The summed E-state index contributed by atoms with van der Waals surface area (Å²) in [5.41, 5.74) is 5.43. The number of aromatic amines is 1. The summed E-state index contributed by atoms with van der Waals surface area (Å²) in [7, 11) is 2.10. The summed E-state index contributed by atoms with van der Waals surface area (Å²) in [6, 6.07) is 6.80. The number of anilines is 1. The van der Waals surface area contributed by atoms with Gasteiger partial charge in [-0.3, -0.25) is 14.5 Å². The second-order valence-electron chi connectivity index (χ2n) is 11.9. The number of likely N-dealkylation sites (N-methyl/N-ethyl adjacent to an activating group) is 1. The van der Waals surface area contributed by atoms with E-state index in [0.717, 1.165) is 86.6 Å². The number of amides is 1. The third kappa shape index (κ3) is 8.48. The Morgan fingerprint density at radius 1 is 1.12 bits per heavy atom. The first-order valence-electron chi connectivity index (χ1n) is 15.7. The molecule has 0 bridgehead atoms. The van der Waals surface area contributed by atoms with Crippen LogP contribution in [0.3, 0.4) is 0 Å². The second kappa shape index (κ2) is 15.5. The van der Waals surface area contributed by atoms with Gasteiger partial charge in [0.1, 0.15) is 0 Å². The van der Waals surface area contributed by atoms with E-state index in [1.165, 1.54) is 0 Å². The summed E-state index contributed by atoms with van der Waals surface area (Å²) in [4.78, 5) is 36.1. The first kappa shape index (κ1) is 32.7. The molecule has 234 valence electrons. The molecule has 0 unspecified atom stereocenters. The number of carbonyl (C=O) groups excluding carboxylic acids is 1. The van der Waals surface area contributed by atoms with Crippen molar-refractivity contribution in [3.63, 3.8) is 0 Å². The lowest BCUT2D eigenvalue weighted by atomic mass is 9.88. The molecular weight excluding hydrogens is 542 g/mol. The number of rotatable bonds is 10. The second-order valence-corrected chi connectivity index (χ2v) is 11.9. The van der Waals surface area contributed by atoms with Crippen LogP contribution in [-0.4, -0.2) is 97.5 Å². The number of pyridine rings is 1. The fourth-order valence-corrected chi connectivity index (χ4v) is 6.46. The van der Waals surface area contributed by atoms with E-state index in [0.29, 0.717) is 36.3 Å². The zero-order valence-electron chi connectivity index (χ0n) is 26.6. The molecule has 1 aliphatic carbocycles. The van der Waals surface area contributed by atoms with Crippen LogP contribution in [-0.2, 0) is 11.3 Å². The van der Waals surface area contributed by atoms with Crippen molar-refractivity contribution in [2.24, 2.45) is 0 Å². The molecule has 2 heterocycles. The van der Waals surface area contributed by atoms with Crippen molar-refractivity contribution in [2.45, 2.75) is 72.0 Å². The lowest BCUT2D eigenvalue weighted by molar-refractivity contribution is 0.0443. The third-order valence-corrected chi connectivity index (χ3v) is 9.02. The third-order valence-electron chi connectivity index (χ3n) is 9.02. The smallest absolute Gasteiger partial charge is 0.253 e. The van der Waals surface area contributed by atoms with Crippen molar-refractivity contribution in [1.82, 2.24) is 20.1 Å². The first-order chi connectivity index (χ1) is 20.7. The Morgan fingerprint density at radius 3 is 2.47 bits per heavy atom. The summed E-state index contributed by atoms with van der Waals surface area (Å²) >= 11 is 0. The number of aliphatic hydroxyl groups is 1. The number of morpholine rings is 1. The zero-order valence-corrected chi connectivity index (χ0v) is 26.6. The van der Waals surface area contributed by atoms with Gasteiger partial charge in [-0.05, 0) is 89.8 Å². The molecule has 9 nitrogen and oxygen atoms in total. The Kier molecular flexibility index (Phi) is 11.8. The molecule has 2 aliphatic rings. The minimum Gasteiger partial charge on any atom is -0.395 e. The monoisotopic (exact) mass is 591 g/mol. The van der Waals surface area contributed by atoms with Gasteiger partial charge >= 0.3 is 0 Å².